The number of nitrogens with one attached hydrogen (secondary N) is 3. The summed E-state index contributed by atoms with van der Waals surface area (Å²) < 4.78 is 11.0. The summed E-state index contributed by atoms with van der Waals surface area (Å²) in [6.45, 7) is 3.03. The monoisotopic (exact) mass is 573 g/mol. The molecule has 232 valence electrons. The lowest BCUT2D eigenvalue weighted by molar-refractivity contribution is -0.139. The Hall–Kier alpha value is -2.57. The number of rotatable bonds is 29. The number of carboxylic acid groups (broad SMARTS) is 2. The summed E-state index contributed by atoms with van der Waals surface area (Å²) in [6, 6.07) is -0.572. The number of hydrogen-bond acceptors (Lipinski definition) is 8. The highest BCUT2D eigenvalue weighted by Crippen LogP contribution is 2.06. The van der Waals surface area contributed by atoms with Crippen LogP contribution in [0, 0.1) is 0 Å². The summed E-state index contributed by atoms with van der Waals surface area (Å²) in [6.07, 6.45) is 8.61. The number of aliphatic carboxylic acids is 2. The van der Waals surface area contributed by atoms with Gasteiger partial charge in [-0.15, -0.1) is 0 Å². The number of Topliss-reactive ketones (excluding diaryl/α,β-unsaturated/α-hetero) is 1. The standard InChI is InChI=1S/C28H51N3O9/c1-29-24(28(37)38)12-6-8-17-30-26(34)16-15-23(32)11-7-9-19-39-21-22-40-20-10-18-31-25(33)13-4-2-3-5-14-27(35)36/h24,29H,2-22H2,1H3,(H,30,34)(H,31,33)(H,35,36)(H,37,38)/t24-/m0/s1. The van der Waals surface area contributed by atoms with Gasteiger partial charge in [0.1, 0.15) is 11.8 Å². The number of likely N-dealkylation sites (N-methyl/N-ethyl adjacent to an activating group) is 1. The van der Waals surface area contributed by atoms with Crippen LogP contribution in [-0.4, -0.2) is 92.4 Å². The van der Waals surface area contributed by atoms with Crippen molar-refractivity contribution >= 4 is 29.5 Å². The average Bonchev–Trinajstić information content (AvgIpc) is 2.91. The predicted molar refractivity (Wildman–Crippen MR) is 150 cm³/mol. The van der Waals surface area contributed by atoms with Crippen LogP contribution in [0.4, 0.5) is 0 Å². The van der Waals surface area contributed by atoms with Gasteiger partial charge in [0.15, 0.2) is 0 Å². The van der Waals surface area contributed by atoms with Gasteiger partial charge in [-0.2, -0.15) is 0 Å². The molecule has 0 aliphatic heterocycles. The third kappa shape index (κ3) is 25.7. The van der Waals surface area contributed by atoms with Gasteiger partial charge in [-0.05, 0) is 58.4 Å². The quantitative estimate of drug-likeness (QED) is 0.0834. The van der Waals surface area contributed by atoms with Crippen molar-refractivity contribution in [1.29, 1.82) is 0 Å². The molecule has 0 aliphatic carbocycles. The van der Waals surface area contributed by atoms with Gasteiger partial charge >= 0.3 is 11.9 Å². The number of carboxylic acids is 2. The molecule has 0 fully saturated rings. The second-order valence-electron chi connectivity index (χ2n) is 9.76. The first-order valence-corrected chi connectivity index (χ1v) is 14.6. The van der Waals surface area contributed by atoms with E-state index < -0.39 is 18.0 Å². The maximum absolute atomic E-state index is 12.0. The van der Waals surface area contributed by atoms with Crippen molar-refractivity contribution in [2.24, 2.45) is 0 Å². The number of carbonyl (C=O) groups excluding carboxylic acids is 3. The lowest BCUT2D eigenvalue weighted by Gasteiger charge is -2.10. The van der Waals surface area contributed by atoms with Gasteiger partial charge in [0.05, 0.1) is 13.2 Å². The number of amides is 2. The zero-order valence-electron chi connectivity index (χ0n) is 24.2. The molecule has 0 aromatic carbocycles. The van der Waals surface area contributed by atoms with Gasteiger partial charge in [-0.25, -0.2) is 0 Å². The van der Waals surface area contributed by atoms with Gasteiger partial charge < -0.3 is 35.6 Å². The van der Waals surface area contributed by atoms with E-state index in [0.29, 0.717) is 90.9 Å². The molecule has 12 nitrogen and oxygen atoms in total. The van der Waals surface area contributed by atoms with E-state index in [9.17, 15) is 24.0 Å². The predicted octanol–water partition coefficient (Wildman–Crippen LogP) is 2.43. The Labute approximate surface area is 238 Å². The smallest absolute Gasteiger partial charge is 0.320 e. The van der Waals surface area contributed by atoms with Crippen LogP contribution in [0.25, 0.3) is 0 Å². The zero-order valence-corrected chi connectivity index (χ0v) is 24.2. The highest BCUT2D eigenvalue weighted by Gasteiger charge is 2.13. The van der Waals surface area contributed by atoms with Crippen molar-refractivity contribution in [2.75, 3.05) is 46.6 Å². The summed E-state index contributed by atoms with van der Waals surface area (Å²) >= 11 is 0. The molecule has 12 heteroatoms. The molecule has 0 aromatic rings. The number of hydrogen-bond donors (Lipinski definition) is 5. The maximum atomic E-state index is 12.0. The summed E-state index contributed by atoms with van der Waals surface area (Å²) in [7, 11) is 1.61. The van der Waals surface area contributed by atoms with E-state index in [0.717, 1.165) is 25.7 Å². The van der Waals surface area contributed by atoms with E-state index in [4.69, 9.17) is 19.7 Å². The zero-order chi connectivity index (χ0) is 29.8. The third-order valence-electron chi connectivity index (χ3n) is 6.22. The summed E-state index contributed by atoms with van der Waals surface area (Å²) in [4.78, 5) is 56.9. The highest BCUT2D eigenvalue weighted by atomic mass is 16.5. The molecule has 0 saturated carbocycles. The minimum atomic E-state index is -0.881. The fraction of sp³-hybridized carbons (Fsp3) is 0.821. The first-order valence-electron chi connectivity index (χ1n) is 14.6. The van der Waals surface area contributed by atoms with Gasteiger partial charge in [0, 0.05) is 58.4 Å². The van der Waals surface area contributed by atoms with E-state index in [1.807, 2.05) is 0 Å². The first kappa shape index (κ1) is 37.4. The molecule has 0 radical (unpaired) electrons. The van der Waals surface area contributed by atoms with Gasteiger partial charge in [0.2, 0.25) is 11.8 Å². The van der Waals surface area contributed by atoms with Crippen LogP contribution >= 0.6 is 0 Å². The Kier molecular flexibility index (Phi) is 24.9. The molecule has 0 aromatic heterocycles. The minimum absolute atomic E-state index is 0.00763. The van der Waals surface area contributed by atoms with Crippen LogP contribution in [0.5, 0.6) is 0 Å². The lowest BCUT2D eigenvalue weighted by Crippen LogP contribution is -2.33. The highest BCUT2D eigenvalue weighted by molar-refractivity contribution is 5.84. The molecule has 0 aliphatic rings. The van der Waals surface area contributed by atoms with Crippen molar-refractivity contribution < 1.29 is 43.7 Å². The lowest BCUT2D eigenvalue weighted by atomic mass is 10.1. The number of unbranched alkanes of at least 4 members (excludes halogenated alkanes) is 5. The summed E-state index contributed by atoms with van der Waals surface area (Å²) in [5, 5.41) is 25.9. The first-order chi connectivity index (χ1) is 19.3. The van der Waals surface area contributed by atoms with E-state index >= 15 is 0 Å². The number of carbonyl (C=O) groups is 5. The molecule has 0 heterocycles. The average molecular weight is 574 g/mol. The third-order valence-corrected chi connectivity index (χ3v) is 6.22. The molecule has 0 bridgehead atoms. The SMILES string of the molecule is CN[C@@H](CCCCNC(=O)CCC(=O)CCCCOCCOCCCNC(=O)CCCCCCC(=O)O)C(=O)O. The summed E-state index contributed by atoms with van der Waals surface area (Å²) in [5.41, 5.74) is 0. The van der Waals surface area contributed by atoms with E-state index in [1.165, 1.54) is 0 Å². The van der Waals surface area contributed by atoms with E-state index in [-0.39, 0.29) is 36.9 Å². The van der Waals surface area contributed by atoms with Crippen LogP contribution in [0.2, 0.25) is 0 Å². The molecule has 0 unspecified atom stereocenters. The van der Waals surface area contributed by atoms with Crippen molar-refractivity contribution in [1.82, 2.24) is 16.0 Å². The Morgan fingerprint density at radius 3 is 1.80 bits per heavy atom. The van der Waals surface area contributed by atoms with Crippen LogP contribution in [0.3, 0.4) is 0 Å². The Balaban J connectivity index is 3.42. The minimum Gasteiger partial charge on any atom is -0.481 e. The fourth-order valence-corrected chi connectivity index (χ4v) is 3.81. The molecule has 0 rings (SSSR count). The molecule has 1 atom stereocenters. The van der Waals surface area contributed by atoms with E-state index in [1.54, 1.807) is 7.05 Å². The molecule has 2 amide bonds. The molecule has 5 N–H and O–H groups in total. The van der Waals surface area contributed by atoms with Crippen LogP contribution in [-0.2, 0) is 33.4 Å². The second kappa shape index (κ2) is 26.6. The van der Waals surface area contributed by atoms with Crippen molar-refractivity contribution in [3.05, 3.63) is 0 Å². The van der Waals surface area contributed by atoms with Gasteiger partial charge in [-0.3, -0.25) is 24.0 Å². The molecule has 0 saturated heterocycles. The molecule has 40 heavy (non-hydrogen) atoms. The molecular formula is C28H51N3O9. The van der Waals surface area contributed by atoms with Crippen molar-refractivity contribution in [3.63, 3.8) is 0 Å². The second-order valence-corrected chi connectivity index (χ2v) is 9.76. The fourth-order valence-electron chi connectivity index (χ4n) is 3.81. The van der Waals surface area contributed by atoms with Crippen molar-refractivity contribution in [2.45, 2.75) is 102 Å². The van der Waals surface area contributed by atoms with E-state index in [2.05, 4.69) is 16.0 Å². The van der Waals surface area contributed by atoms with Crippen LogP contribution in [0.1, 0.15) is 96.3 Å². The Bertz CT molecular complexity index is 719. The topological polar surface area (TPSA) is 180 Å². The number of ketones is 1. The van der Waals surface area contributed by atoms with Gasteiger partial charge in [-0.1, -0.05) is 12.8 Å². The van der Waals surface area contributed by atoms with Gasteiger partial charge in [0.25, 0.3) is 0 Å². The Morgan fingerprint density at radius 1 is 0.600 bits per heavy atom. The summed E-state index contributed by atoms with van der Waals surface area (Å²) in [5.74, 6) is -1.76. The van der Waals surface area contributed by atoms with Crippen LogP contribution in [0.15, 0.2) is 0 Å². The largest absolute Gasteiger partial charge is 0.481 e. The van der Waals surface area contributed by atoms with Crippen molar-refractivity contribution in [3.8, 4) is 0 Å². The van der Waals surface area contributed by atoms with Crippen LogP contribution < -0.4 is 16.0 Å². The molecular weight excluding hydrogens is 522 g/mol. The molecule has 0 spiro atoms. The normalized spacial score (nSPS) is 11.6. The Morgan fingerprint density at radius 2 is 1.18 bits per heavy atom. The number of ether oxygens (including phenoxy) is 2. The maximum Gasteiger partial charge on any atom is 0.320 e.